The molecular weight excluding hydrogens is 192 g/mol. The van der Waals surface area contributed by atoms with Crippen molar-refractivity contribution < 1.29 is 9.53 Å². The van der Waals surface area contributed by atoms with Crippen molar-refractivity contribution in [1.82, 2.24) is 10.6 Å². The number of carbonyl (C=O) groups excluding carboxylic acids is 1. The standard InChI is InChI=1S/C11H24N2O2/c1-4-12-5-7-15-8-6-13-11(14)9-10(2)3/h10,12H,4-9H2,1-3H3,(H,13,14). The van der Waals surface area contributed by atoms with Crippen molar-refractivity contribution in [3.05, 3.63) is 0 Å². The maximum absolute atomic E-state index is 11.2. The molecule has 0 bridgehead atoms. The summed E-state index contributed by atoms with van der Waals surface area (Å²) in [6.07, 6.45) is 0.595. The first-order valence-corrected chi connectivity index (χ1v) is 5.72. The predicted octanol–water partition coefficient (Wildman–Crippen LogP) is 0.775. The fourth-order valence-electron chi connectivity index (χ4n) is 1.13. The second-order valence-corrected chi connectivity index (χ2v) is 3.91. The van der Waals surface area contributed by atoms with Crippen LogP contribution in [-0.2, 0) is 9.53 Å². The second kappa shape index (κ2) is 9.93. The molecule has 0 unspecified atom stereocenters. The summed E-state index contributed by atoms with van der Waals surface area (Å²) < 4.78 is 5.31. The SMILES string of the molecule is CCNCCOCCNC(=O)CC(C)C. The van der Waals surface area contributed by atoms with E-state index in [9.17, 15) is 4.79 Å². The molecule has 0 aliphatic rings. The number of rotatable bonds is 9. The van der Waals surface area contributed by atoms with E-state index in [0.29, 0.717) is 32.1 Å². The van der Waals surface area contributed by atoms with Gasteiger partial charge in [0, 0.05) is 19.5 Å². The van der Waals surface area contributed by atoms with Crippen LogP contribution in [0.25, 0.3) is 0 Å². The monoisotopic (exact) mass is 216 g/mol. The van der Waals surface area contributed by atoms with E-state index in [0.717, 1.165) is 13.1 Å². The molecule has 0 aliphatic carbocycles. The van der Waals surface area contributed by atoms with Gasteiger partial charge in [-0.25, -0.2) is 0 Å². The number of hydrogen-bond donors (Lipinski definition) is 2. The maximum atomic E-state index is 11.2. The van der Waals surface area contributed by atoms with E-state index in [4.69, 9.17) is 4.74 Å². The Hall–Kier alpha value is -0.610. The van der Waals surface area contributed by atoms with Gasteiger partial charge in [0.15, 0.2) is 0 Å². The van der Waals surface area contributed by atoms with E-state index < -0.39 is 0 Å². The third kappa shape index (κ3) is 11.3. The van der Waals surface area contributed by atoms with Crippen molar-refractivity contribution in [1.29, 1.82) is 0 Å². The molecule has 0 fully saturated rings. The molecule has 0 aromatic carbocycles. The minimum absolute atomic E-state index is 0.111. The normalized spacial score (nSPS) is 10.7. The number of hydrogen-bond acceptors (Lipinski definition) is 3. The van der Waals surface area contributed by atoms with Crippen LogP contribution in [0.1, 0.15) is 27.2 Å². The van der Waals surface area contributed by atoms with Gasteiger partial charge in [0.2, 0.25) is 5.91 Å². The van der Waals surface area contributed by atoms with Gasteiger partial charge in [0.05, 0.1) is 13.2 Å². The lowest BCUT2D eigenvalue weighted by molar-refractivity contribution is -0.122. The smallest absolute Gasteiger partial charge is 0.220 e. The molecule has 0 heterocycles. The minimum atomic E-state index is 0.111. The first kappa shape index (κ1) is 14.4. The van der Waals surface area contributed by atoms with E-state index in [1.807, 2.05) is 13.8 Å². The Morgan fingerprint density at radius 2 is 1.93 bits per heavy atom. The van der Waals surface area contributed by atoms with Crippen molar-refractivity contribution in [3.8, 4) is 0 Å². The molecule has 2 N–H and O–H groups in total. The van der Waals surface area contributed by atoms with Crippen LogP contribution < -0.4 is 10.6 Å². The molecule has 0 spiro atoms. The Labute approximate surface area is 92.8 Å². The molecule has 0 radical (unpaired) electrons. The molecule has 4 heteroatoms. The molecule has 0 saturated heterocycles. The summed E-state index contributed by atoms with van der Waals surface area (Å²) in [6, 6.07) is 0. The second-order valence-electron chi connectivity index (χ2n) is 3.91. The van der Waals surface area contributed by atoms with Crippen LogP contribution in [0.5, 0.6) is 0 Å². The van der Waals surface area contributed by atoms with E-state index in [1.165, 1.54) is 0 Å². The minimum Gasteiger partial charge on any atom is -0.378 e. The third-order valence-corrected chi connectivity index (χ3v) is 1.84. The molecule has 0 saturated carbocycles. The quantitative estimate of drug-likeness (QED) is 0.560. The molecule has 90 valence electrons. The summed E-state index contributed by atoms with van der Waals surface area (Å²) in [5.41, 5.74) is 0. The molecule has 1 amide bonds. The highest BCUT2D eigenvalue weighted by Crippen LogP contribution is 1.97. The first-order valence-electron chi connectivity index (χ1n) is 5.72. The fourth-order valence-corrected chi connectivity index (χ4v) is 1.13. The zero-order chi connectivity index (χ0) is 11.5. The average molecular weight is 216 g/mol. The lowest BCUT2D eigenvalue weighted by Crippen LogP contribution is -2.29. The van der Waals surface area contributed by atoms with E-state index in [2.05, 4.69) is 17.6 Å². The van der Waals surface area contributed by atoms with Crippen LogP contribution in [0.3, 0.4) is 0 Å². The van der Waals surface area contributed by atoms with Gasteiger partial charge < -0.3 is 15.4 Å². The molecular formula is C11H24N2O2. The van der Waals surface area contributed by atoms with Crippen molar-refractivity contribution >= 4 is 5.91 Å². The Balaban J connectivity index is 3.13. The van der Waals surface area contributed by atoms with Crippen LogP contribution in [0.15, 0.2) is 0 Å². The van der Waals surface area contributed by atoms with Crippen LogP contribution in [-0.4, -0.2) is 38.8 Å². The molecule has 0 rings (SSSR count). The number of ether oxygens (including phenoxy) is 1. The lowest BCUT2D eigenvalue weighted by atomic mass is 10.1. The van der Waals surface area contributed by atoms with Crippen LogP contribution in [0.2, 0.25) is 0 Å². The summed E-state index contributed by atoms with van der Waals surface area (Å²) >= 11 is 0. The van der Waals surface area contributed by atoms with E-state index >= 15 is 0 Å². The molecule has 0 aromatic rings. The number of carbonyl (C=O) groups is 1. The lowest BCUT2D eigenvalue weighted by Gasteiger charge is -2.07. The van der Waals surface area contributed by atoms with Crippen molar-refractivity contribution in [2.24, 2.45) is 5.92 Å². The van der Waals surface area contributed by atoms with Gasteiger partial charge >= 0.3 is 0 Å². The topological polar surface area (TPSA) is 50.4 Å². The van der Waals surface area contributed by atoms with Gasteiger partial charge in [-0.05, 0) is 12.5 Å². The van der Waals surface area contributed by atoms with E-state index in [-0.39, 0.29) is 5.91 Å². The Kier molecular flexibility index (Phi) is 9.52. The zero-order valence-corrected chi connectivity index (χ0v) is 10.1. The zero-order valence-electron chi connectivity index (χ0n) is 10.1. The molecule has 0 aliphatic heterocycles. The van der Waals surface area contributed by atoms with Gasteiger partial charge in [-0.15, -0.1) is 0 Å². The summed E-state index contributed by atoms with van der Waals surface area (Å²) in [5, 5.41) is 5.98. The summed E-state index contributed by atoms with van der Waals surface area (Å²) in [5.74, 6) is 0.528. The highest BCUT2D eigenvalue weighted by Gasteiger charge is 2.02. The molecule has 0 atom stereocenters. The molecule has 4 nitrogen and oxygen atoms in total. The van der Waals surface area contributed by atoms with E-state index in [1.54, 1.807) is 0 Å². The van der Waals surface area contributed by atoms with Gasteiger partial charge in [0.25, 0.3) is 0 Å². The largest absolute Gasteiger partial charge is 0.378 e. The Bertz CT molecular complexity index is 161. The van der Waals surface area contributed by atoms with Crippen LogP contribution in [0.4, 0.5) is 0 Å². The van der Waals surface area contributed by atoms with Crippen LogP contribution >= 0.6 is 0 Å². The van der Waals surface area contributed by atoms with Gasteiger partial charge in [-0.3, -0.25) is 4.79 Å². The summed E-state index contributed by atoms with van der Waals surface area (Å²) in [6.45, 7) is 9.87. The highest BCUT2D eigenvalue weighted by atomic mass is 16.5. The predicted molar refractivity (Wildman–Crippen MR) is 61.8 cm³/mol. The average Bonchev–Trinajstić information content (AvgIpc) is 2.15. The third-order valence-electron chi connectivity index (χ3n) is 1.84. The fraction of sp³-hybridized carbons (Fsp3) is 0.909. The van der Waals surface area contributed by atoms with Crippen molar-refractivity contribution in [3.63, 3.8) is 0 Å². The first-order chi connectivity index (χ1) is 7.16. The number of amides is 1. The molecule has 15 heavy (non-hydrogen) atoms. The number of nitrogens with one attached hydrogen (secondary N) is 2. The summed E-state index contributed by atoms with van der Waals surface area (Å²) in [4.78, 5) is 11.2. The maximum Gasteiger partial charge on any atom is 0.220 e. The van der Waals surface area contributed by atoms with Crippen molar-refractivity contribution in [2.75, 3.05) is 32.8 Å². The highest BCUT2D eigenvalue weighted by molar-refractivity contribution is 5.75. The Morgan fingerprint density at radius 1 is 1.27 bits per heavy atom. The van der Waals surface area contributed by atoms with Gasteiger partial charge in [-0.1, -0.05) is 20.8 Å². The molecule has 0 aromatic heterocycles. The number of likely N-dealkylation sites (N-methyl/N-ethyl adjacent to an activating group) is 1. The van der Waals surface area contributed by atoms with Gasteiger partial charge in [-0.2, -0.15) is 0 Å². The van der Waals surface area contributed by atoms with Gasteiger partial charge in [0.1, 0.15) is 0 Å². The van der Waals surface area contributed by atoms with Crippen LogP contribution in [0, 0.1) is 5.92 Å². The van der Waals surface area contributed by atoms with Crippen molar-refractivity contribution in [2.45, 2.75) is 27.2 Å². The Morgan fingerprint density at radius 3 is 2.53 bits per heavy atom. The summed E-state index contributed by atoms with van der Waals surface area (Å²) in [7, 11) is 0.